The Bertz CT molecular complexity index is 344. The van der Waals surface area contributed by atoms with E-state index < -0.39 is 0 Å². The van der Waals surface area contributed by atoms with Gasteiger partial charge in [-0.1, -0.05) is 36.2 Å². The summed E-state index contributed by atoms with van der Waals surface area (Å²) in [5.74, 6) is 2.41. The normalized spacial score (nSPS) is 12.7. The summed E-state index contributed by atoms with van der Waals surface area (Å²) in [7, 11) is 0. The van der Waals surface area contributed by atoms with Gasteiger partial charge in [-0.05, 0) is 49.1 Å². The van der Waals surface area contributed by atoms with E-state index in [2.05, 4.69) is 19.2 Å². The molecule has 1 N–H and O–H groups in total. The third-order valence-electron chi connectivity index (χ3n) is 2.55. The van der Waals surface area contributed by atoms with Crippen LogP contribution in [0.1, 0.15) is 31.9 Å². The molecule has 17 heavy (non-hydrogen) atoms. The monoisotopic (exact) mass is 291 g/mol. The topological polar surface area (TPSA) is 12.0 Å². The van der Waals surface area contributed by atoms with E-state index in [1.54, 1.807) is 6.07 Å². The van der Waals surface area contributed by atoms with Crippen molar-refractivity contribution in [2.75, 3.05) is 18.1 Å². The molecular formula is C13H19Cl2NS. The summed E-state index contributed by atoms with van der Waals surface area (Å²) in [4.78, 5) is 0. The van der Waals surface area contributed by atoms with Crippen molar-refractivity contribution in [3.63, 3.8) is 0 Å². The second-order valence-electron chi connectivity index (χ2n) is 3.89. The second-order valence-corrected chi connectivity index (χ2v) is 6.13. The summed E-state index contributed by atoms with van der Waals surface area (Å²) in [5, 5.41) is 4.90. The van der Waals surface area contributed by atoms with Crippen molar-refractivity contribution in [3.8, 4) is 0 Å². The van der Waals surface area contributed by atoms with Crippen molar-refractivity contribution in [1.29, 1.82) is 0 Å². The van der Waals surface area contributed by atoms with Crippen LogP contribution in [0.15, 0.2) is 18.2 Å². The van der Waals surface area contributed by atoms with E-state index >= 15 is 0 Å². The molecule has 1 atom stereocenters. The quantitative estimate of drug-likeness (QED) is 0.725. The molecular weight excluding hydrogens is 273 g/mol. The summed E-state index contributed by atoms with van der Waals surface area (Å²) in [6.07, 6.45) is 1.19. The molecule has 1 aromatic carbocycles. The molecule has 0 amide bonds. The van der Waals surface area contributed by atoms with Gasteiger partial charge in [-0.3, -0.25) is 0 Å². The van der Waals surface area contributed by atoms with Gasteiger partial charge in [0.05, 0.1) is 0 Å². The van der Waals surface area contributed by atoms with Crippen molar-refractivity contribution < 1.29 is 0 Å². The predicted octanol–water partition coefficient (Wildman–Crippen LogP) is 4.79. The SMILES string of the molecule is CCSCCCNC(C)c1ccc(Cl)cc1Cl. The molecule has 0 bridgehead atoms. The van der Waals surface area contributed by atoms with E-state index in [1.165, 1.54) is 17.9 Å². The van der Waals surface area contributed by atoms with Crippen LogP contribution in [0.25, 0.3) is 0 Å². The average Bonchev–Trinajstić information content (AvgIpc) is 2.28. The number of thioether (sulfide) groups is 1. The molecule has 1 nitrogen and oxygen atoms in total. The van der Waals surface area contributed by atoms with Gasteiger partial charge in [0.25, 0.3) is 0 Å². The highest BCUT2D eigenvalue weighted by Crippen LogP contribution is 2.25. The third kappa shape index (κ3) is 5.52. The first-order valence-electron chi connectivity index (χ1n) is 5.91. The van der Waals surface area contributed by atoms with Gasteiger partial charge in [0.1, 0.15) is 0 Å². The van der Waals surface area contributed by atoms with Gasteiger partial charge in [-0.2, -0.15) is 11.8 Å². The number of hydrogen-bond acceptors (Lipinski definition) is 2. The van der Waals surface area contributed by atoms with Crippen molar-refractivity contribution in [3.05, 3.63) is 33.8 Å². The van der Waals surface area contributed by atoms with Gasteiger partial charge in [-0.25, -0.2) is 0 Å². The van der Waals surface area contributed by atoms with Crippen molar-refractivity contribution in [1.82, 2.24) is 5.32 Å². The minimum Gasteiger partial charge on any atom is -0.310 e. The molecule has 0 aliphatic rings. The predicted molar refractivity (Wildman–Crippen MR) is 80.5 cm³/mol. The standard InChI is InChI=1S/C13H19Cl2NS/c1-3-17-8-4-7-16-10(2)12-6-5-11(14)9-13(12)15/h5-6,9-10,16H,3-4,7-8H2,1-2H3. The first kappa shape index (κ1) is 15.2. The summed E-state index contributed by atoms with van der Waals surface area (Å²) in [6.45, 7) is 5.34. The Labute approximate surface area is 118 Å². The molecule has 0 aliphatic heterocycles. The molecule has 1 rings (SSSR count). The first-order valence-corrected chi connectivity index (χ1v) is 7.82. The van der Waals surface area contributed by atoms with Gasteiger partial charge in [0.2, 0.25) is 0 Å². The fraction of sp³-hybridized carbons (Fsp3) is 0.538. The third-order valence-corrected chi connectivity index (χ3v) is 4.10. The molecule has 4 heteroatoms. The molecule has 96 valence electrons. The average molecular weight is 292 g/mol. The highest BCUT2D eigenvalue weighted by atomic mass is 35.5. The Hall–Kier alpha value is 0.110. The van der Waals surface area contributed by atoms with E-state index in [0.29, 0.717) is 5.02 Å². The van der Waals surface area contributed by atoms with Crippen LogP contribution in [0, 0.1) is 0 Å². The highest BCUT2D eigenvalue weighted by Gasteiger charge is 2.08. The van der Waals surface area contributed by atoms with Crippen LogP contribution in [0.5, 0.6) is 0 Å². The Kier molecular flexibility index (Phi) is 7.36. The highest BCUT2D eigenvalue weighted by molar-refractivity contribution is 7.99. The van der Waals surface area contributed by atoms with Crippen LogP contribution in [0.4, 0.5) is 0 Å². The minimum atomic E-state index is 0.270. The molecule has 1 aromatic rings. The zero-order valence-electron chi connectivity index (χ0n) is 10.3. The van der Waals surface area contributed by atoms with Crippen molar-refractivity contribution in [2.24, 2.45) is 0 Å². The molecule has 0 saturated heterocycles. The molecule has 1 unspecified atom stereocenters. The van der Waals surface area contributed by atoms with Crippen LogP contribution in [0.3, 0.4) is 0 Å². The number of benzene rings is 1. The minimum absolute atomic E-state index is 0.270. The van der Waals surface area contributed by atoms with Gasteiger partial charge < -0.3 is 5.32 Å². The summed E-state index contributed by atoms with van der Waals surface area (Å²) >= 11 is 14.0. The molecule has 0 aromatic heterocycles. The Balaban J connectivity index is 2.38. The molecule has 0 fully saturated rings. The van der Waals surface area contributed by atoms with Crippen LogP contribution < -0.4 is 5.32 Å². The lowest BCUT2D eigenvalue weighted by atomic mass is 10.1. The summed E-state index contributed by atoms with van der Waals surface area (Å²) in [5.41, 5.74) is 1.11. The van der Waals surface area contributed by atoms with Gasteiger partial charge in [-0.15, -0.1) is 0 Å². The van der Waals surface area contributed by atoms with Gasteiger partial charge in [0.15, 0.2) is 0 Å². The van der Waals surface area contributed by atoms with Crippen molar-refractivity contribution in [2.45, 2.75) is 26.3 Å². The zero-order valence-corrected chi connectivity index (χ0v) is 12.6. The maximum Gasteiger partial charge on any atom is 0.0468 e. The molecule has 0 radical (unpaired) electrons. The first-order chi connectivity index (χ1) is 8.15. The molecule has 0 saturated carbocycles. The fourth-order valence-corrected chi connectivity index (χ4v) is 2.81. The Morgan fingerprint density at radius 2 is 2.12 bits per heavy atom. The van der Waals surface area contributed by atoms with Crippen LogP contribution in [0.2, 0.25) is 10.0 Å². The van der Waals surface area contributed by atoms with Crippen LogP contribution in [-0.2, 0) is 0 Å². The van der Waals surface area contributed by atoms with E-state index in [0.717, 1.165) is 17.1 Å². The Morgan fingerprint density at radius 1 is 1.35 bits per heavy atom. The van der Waals surface area contributed by atoms with E-state index in [1.807, 2.05) is 23.9 Å². The number of nitrogens with one attached hydrogen (secondary N) is 1. The van der Waals surface area contributed by atoms with Crippen molar-refractivity contribution >= 4 is 35.0 Å². The number of halogens is 2. The Morgan fingerprint density at radius 3 is 2.76 bits per heavy atom. The lowest BCUT2D eigenvalue weighted by Crippen LogP contribution is -2.20. The maximum atomic E-state index is 6.16. The number of rotatable bonds is 7. The lowest BCUT2D eigenvalue weighted by molar-refractivity contribution is 0.572. The van der Waals surface area contributed by atoms with E-state index in [9.17, 15) is 0 Å². The second kappa shape index (κ2) is 8.25. The summed E-state index contributed by atoms with van der Waals surface area (Å²) < 4.78 is 0. The van der Waals surface area contributed by atoms with Gasteiger partial charge in [0, 0.05) is 16.1 Å². The van der Waals surface area contributed by atoms with E-state index in [4.69, 9.17) is 23.2 Å². The zero-order chi connectivity index (χ0) is 12.7. The van der Waals surface area contributed by atoms with E-state index in [-0.39, 0.29) is 6.04 Å². The maximum absolute atomic E-state index is 6.16. The summed E-state index contributed by atoms with van der Waals surface area (Å²) in [6, 6.07) is 5.94. The lowest BCUT2D eigenvalue weighted by Gasteiger charge is -2.15. The largest absolute Gasteiger partial charge is 0.310 e. The smallest absolute Gasteiger partial charge is 0.0468 e. The molecule has 0 spiro atoms. The van der Waals surface area contributed by atoms with Crippen LogP contribution in [-0.4, -0.2) is 18.1 Å². The van der Waals surface area contributed by atoms with Gasteiger partial charge >= 0.3 is 0 Å². The van der Waals surface area contributed by atoms with Crippen LogP contribution >= 0.6 is 35.0 Å². The fourth-order valence-electron chi connectivity index (χ4n) is 1.60. The molecule has 0 heterocycles. The molecule has 0 aliphatic carbocycles. The number of hydrogen-bond donors (Lipinski definition) is 1.